The Morgan fingerprint density at radius 3 is 2.55 bits per heavy atom. The van der Waals surface area contributed by atoms with Crippen LogP contribution in [-0.4, -0.2) is 46.2 Å². The number of aliphatic hydroxyl groups is 1. The number of amides is 1. The Labute approximate surface area is 64.0 Å². The molecule has 1 amide bonds. The van der Waals surface area contributed by atoms with E-state index in [4.69, 9.17) is 10.2 Å². The van der Waals surface area contributed by atoms with Crippen LogP contribution in [0.25, 0.3) is 0 Å². The van der Waals surface area contributed by atoms with Crippen LogP contribution in [0.15, 0.2) is 4.99 Å². The molecule has 2 N–H and O–H groups in total. The maximum atomic E-state index is 10.1. The molecule has 1 fully saturated rings. The molecule has 5 heteroatoms. The third kappa shape index (κ3) is 1.91. The van der Waals surface area contributed by atoms with Crippen LogP contribution >= 0.6 is 0 Å². The molecule has 0 atom stereocenters. The molecule has 11 heavy (non-hydrogen) atoms. The van der Waals surface area contributed by atoms with Gasteiger partial charge in [-0.25, -0.2) is 4.79 Å². The third-order valence-corrected chi connectivity index (χ3v) is 1.58. The quantitative estimate of drug-likeness (QED) is 0.377. The van der Waals surface area contributed by atoms with Crippen molar-refractivity contribution in [3.63, 3.8) is 0 Å². The summed E-state index contributed by atoms with van der Waals surface area (Å²) >= 11 is 0. The summed E-state index contributed by atoms with van der Waals surface area (Å²) in [5, 5.41) is 17.1. The van der Waals surface area contributed by atoms with E-state index in [1.807, 2.05) is 0 Å². The van der Waals surface area contributed by atoms with E-state index < -0.39 is 6.09 Å². The maximum absolute atomic E-state index is 10.1. The van der Waals surface area contributed by atoms with Gasteiger partial charge in [-0.3, -0.25) is 0 Å². The number of amidine groups is 1. The number of rotatable bonds is 0. The van der Waals surface area contributed by atoms with Gasteiger partial charge in [0.15, 0.2) is 0 Å². The summed E-state index contributed by atoms with van der Waals surface area (Å²) < 4.78 is 0. The molecule has 0 saturated carbocycles. The highest BCUT2D eigenvalue weighted by molar-refractivity contribution is 5.89. The van der Waals surface area contributed by atoms with Gasteiger partial charge in [0.2, 0.25) is 0 Å². The molecule has 5 nitrogen and oxygen atoms in total. The van der Waals surface area contributed by atoms with E-state index in [1.165, 1.54) is 0 Å². The number of hydrogen-bond donors (Lipinski definition) is 2. The molecule has 0 aromatic rings. The van der Waals surface area contributed by atoms with Gasteiger partial charge in [-0.2, -0.15) is 4.99 Å². The van der Waals surface area contributed by atoms with Crippen LogP contribution in [0.4, 0.5) is 4.79 Å². The Bertz CT molecular complexity index is 196. The molecule has 62 valence electrons. The van der Waals surface area contributed by atoms with Crippen molar-refractivity contribution in [3.05, 3.63) is 0 Å². The van der Waals surface area contributed by atoms with Gasteiger partial charge in [0.25, 0.3) is 0 Å². The maximum Gasteiger partial charge on any atom is 0.432 e. The van der Waals surface area contributed by atoms with E-state index in [-0.39, 0.29) is 6.10 Å². The number of aliphatic imine (C=N–C) groups is 1. The topological polar surface area (TPSA) is 73.1 Å². The highest BCUT2D eigenvalue weighted by atomic mass is 16.4. The summed E-state index contributed by atoms with van der Waals surface area (Å²) in [6.45, 7) is 2.59. The fourth-order valence-corrected chi connectivity index (χ4v) is 0.929. The largest absolute Gasteiger partial charge is 0.463 e. The lowest BCUT2D eigenvalue weighted by Crippen LogP contribution is -2.52. The lowest BCUT2D eigenvalue weighted by atomic mass is 10.2. The van der Waals surface area contributed by atoms with Crippen molar-refractivity contribution in [2.45, 2.75) is 13.0 Å². The zero-order chi connectivity index (χ0) is 8.43. The predicted molar refractivity (Wildman–Crippen MR) is 38.7 cm³/mol. The summed E-state index contributed by atoms with van der Waals surface area (Å²) in [6, 6.07) is 0. The number of likely N-dealkylation sites (tertiary alicyclic amines) is 1. The third-order valence-electron chi connectivity index (χ3n) is 1.58. The van der Waals surface area contributed by atoms with Crippen LogP contribution in [0.2, 0.25) is 0 Å². The molecular weight excluding hydrogens is 148 g/mol. The number of hydrogen-bond acceptors (Lipinski definition) is 2. The van der Waals surface area contributed by atoms with E-state index in [1.54, 1.807) is 11.8 Å². The van der Waals surface area contributed by atoms with Crippen molar-refractivity contribution in [2.24, 2.45) is 4.99 Å². The molecule has 1 saturated heterocycles. The second kappa shape index (κ2) is 2.87. The first-order valence-corrected chi connectivity index (χ1v) is 3.31. The highest BCUT2D eigenvalue weighted by Crippen LogP contribution is 2.07. The Morgan fingerprint density at radius 2 is 2.18 bits per heavy atom. The molecule has 0 aromatic carbocycles. The van der Waals surface area contributed by atoms with Crippen molar-refractivity contribution in [1.29, 1.82) is 0 Å². The molecule has 0 spiro atoms. The Balaban J connectivity index is 2.43. The first kappa shape index (κ1) is 8.00. The number of nitrogens with zero attached hydrogens (tertiary/aromatic N) is 2. The number of β-amino-alcohol motifs (C(OH)–C–C–N with tert-alkyl or cyclic N) is 1. The van der Waals surface area contributed by atoms with Crippen molar-refractivity contribution in [3.8, 4) is 0 Å². The van der Waals surface area contributed by atoms with E-state index in [0.717, 1.165) is 0 Å². The van der Waals surface area contributed by atoms with Crippen LogP contribution < -0.4 is 0 Å². The second-order valence-corrected chi connectivity index (χ2v) is 2.50. The molecule has 1 aliphatic rings. The first-order chi connectivity index (χ1) is 5.09. The number of aliphatic hydroxyl groups excluding tert-OH is 1. The molecule has 1 aliphatic heterocycles. The minimum atomic E-state index is -1.19. The zero-order valence-electron chi connectivity index (χ0n) is 6.19. The standard InChI is InChI=1S/C6H10N2O3/c1-4(7-6(10)11)8-2-5(9)3-8/h5,9H,2-3H2,1H3,(H,10,11)/b7-4-. The van der Waals surface area contributed by atoms with E-state index in [9.17, 15) is 4.79 Å². The fraction of sp³-hybridized carbons (Fsp3) is 0.667. The molecule has 0 unspecified atom stereocenters. The summed E-state index contributed by atoms with van der Waals surface area (Å²) in [5.74, 6) is 0.447. The molecule has 1 rings (SSSR count). The van der Waals surface area contributed by atoms with Crippen LogP contribution in [0.1, 0.15) is 6.92 Å². The highest BCUT2D eigenvalue weighted by Gasteiger charge is 2.25. The van der Waals surface area contributed by atoms with Crippen LogP contribution in [0.3, 0.4) is 0 Å². The Kier molecular flexibility index (Phi) is 2.09. The van der Waals surface area contributed by atoms with Crippen LogP contribution in [-0.2, 0) is 0 Å². The molecule has 0 aromatic heterocycles. The van der Waals surface area contributed by atoms with Crippen molar-refractivity contribution < 1.29 is 15.0 Å². The first-order valence-electron chi connectivity index (χ1n) is 3.31. The van der Waals surface area contributed by atoms with Gasteiger partial charge < -0.3 is 15.1 Å². The van der Waals surface area contributed by atoms with Crippen molar-refractivity contribution in [1.82, 2.24) is 4.90 Å². The monoisotopic (exact) mass is 158 g/mol. The molecule has 0 aliphatic carbocycles. The van der Waals surface area contributed by atoms with Gasteiger partial charge in [-0.15, -0.1) is 0 Å². The van der Waals surface area contributed by atoms with Gasteiger partial charge in [0.1, 0.15) is 5.84 Å². The van der Waals surface area contributed by atoms with Gasteiger partial charge in [0, 0.05) is 13.1 Å². The average Bonchev–Trinajstić information content (AvgIpc) is 1.79. The Hall–Kier alpha value is -1.10. The summed E-state index contributed by atoms with van der Waals surface area (Å²) in [7, 11) is 0. The normalized spacial score (nSPS) is 19.8. The summed E-state index contributed by atoms with van der Waals surface area (Å²) in [4.78, 5) is 15.0. The van der Waals surface area contributed by atoms with Crippen molar-refractivity contribution in [2.75, 3.05) is 13.1 Å². The van der Waals surface area contributed by atoms with Gasteiger partial charge in [0.05, 0.1) is 6.10 Å². The smallest absolute Gasteiger partial charge is 0.432 e. The van der Waals surface area contributed by atoms with Crippen molar-refractivity contribution >= 4 is 11.9 Å². The van der Waals surface area contributed by atoms with Gasteiger partial charge >= 0.3 is 6.09 Å². The molecule has 0 bridgehead atoms. The predicted octanol–water partition coefficient (Wildman–Crippen LogP) is -0.241. The van der Waals surface area contributed by atoms with Crippen LogP contribution in [0.5, 0.6) is 0 Å². The minimum Gasteiger partial charge on any atom is -0.463 e. The molecule has 0 radical (unpaired) electrons. The van der Waals surface area contributed by atoms with Crippen LogP contribution in [0, 0.1) is 0 Å². The lowest BCUT2D eigenvalue weighted by Gasteiger charge is -2.36. The average molecular weight is 158 g/mol. The van der Waals surface area contributed by atoms with Gasteiger partial charge in [-0.05, 0) is 6.92 Å². The fourth-order valence-electron chi connectivity index (χ4n) is 0.929. The SMILES string of the molecule is C/C(=N/C(=O)O)N1CC(O)C1. The Morgan fingerprint density at radius 1 is 1.64 bits per heavy atom. The molecule has 1 heterocycles. The second-order valence-electron chi connectivity index (χ2n) is 2.50. The summed E-state index contributed by atoms with van der Waals surface area (Å²) in [5.41, 5.74) is 0. The molecular formula is C6H10N2O3. The zero-order valence-corrected chi connectivity index (χ0v) is 6.19. The van der Waals surface area contributed by atoms with E-state index in [0.29, 0.717) is 18.9 Å². The van der Waals surface area contributed by atoms with E-state index in [2.05, 4.69) is 4.99 Å². The number of carbonyl (C=O) groups is 1. The minimum absolute atomic E-state index is 0.325. The lowest BCUT2D eigenvalue weighted by molar-refractivity contribution is 0.0461. The van der Waals surface area contributed by atoms with Gasteiger partial charge in [-0.1, -0.05) is 0 Å². The number of carboxylic acid groups (broad SMARTS) is 1. The summed E-state index contributed by atoms with van der Waals surface area (Å²) in [6.07, 6.45) is -1.52. The van der Waals surface area contributed by atoms with E-state index >= 15 is 0 Å².